The van der Waals surface area contributed by atoms with Crippen LogP contribution in [-0.2, 0) is 6.54 Å². The Hall–Kier alpha value is -2.00. The first-order valence-electron chi connectivity index (χ1n) is 5.87. The zero-order chi connectivity index (χ0) is 12.8. The highest BCUT2D eigenvalue weighted by Gasteiger charge is 1.99. The topological polar surface area (TPSA) is 30.5 Å². The number of hydrogen-bond donors (Lipinski definition) is 1. The van der Waals surface area contributed by atoms with E-state index in [-0.39, 0.29) is 0 Å². The minimum atomic E-state index is 0.774. The molecule has 0 radical (unpaired) electrons. The molecule has 94 valence electrons. The van der Waals surface area contributed by atoms with Crippen LogP contribution >= 0.6 is 0 Å². The first kappa shape index (κ1) is 12.5. The first-order valence-corrected chi connectivity index (χ1v) is 5.87. The van der Waals surface area contributed by atoms with Gasteiger partial charge in [-0.3, -0.25) is 0 Å². The standard InChI is InChI=1S/C15H17NO2/c1-16-11-12-6-8-13(9-7-12)18-15-5-3-4-14(10-15)17-2/h3-10,16H,11H2,1-2H3. The molecule has 0 saturated carbocycles. The van der Waals surface area contributed by atoms with Crippen molar-refractivity contribution in [1.29, 1.82) is 0 Å². The van der Waals surface area contributed by atoms with Crippen LogP contribution in [0.1, 0.15) is 5.56 Å². The minimum Gasteiger partial charge on any atom is -0.497 e. The van der Waals surface area contributed by atoms with E-state index in [1.807, 2.05) is 55.6 Å². The van der Waals surface area contributed by atoms with Crippen molar-refractivity contribution in [2.75, 3.05) is 14.2 Å². The molecule has 0 aliphatic rings. The van der Waals surface area contributed by atoms with Gasteiger partial charge in [-0.15, -0.1) is 0 Å². The van der Waals surface area contributed by atoms with E-state index in [1.165, 1.54) is 5.56 Å². The predicted octanol–water partition coefficient (Wildman–Crippen LogP) is 3.21. The molecule has 2 aromatic carbocycles. The number of hydrogen-bond acceptors (Lipinski definition) is 3. The highest BCUT2D eigenvalue weighted by molar-refractivity contribution is 5.37. The van der Waals surface area contributed by atoms with Crippen molar-refractivity contribution in [2.45, 2.75) is 6.54 Å². The van der Waals surface area contributed by atoms with Gasteiger partial charge >= 0.3 is 0 Å². The minimum absolute atomic E-state index is 0.774. The van der Waals surface area contributed by atoms with Crippen LogP contribution in [0.3, 0.4) is 0 Å². The lowest BCUT2D eigenvalue weighted by Gasteiger charge is -2.08. The normalized spacial score (nSPS) is 10.1. The van der Waals surface area contributed by atoms with Gasteiger partial charge in [0.15, 0.2) is 0 Å². The Morgan fingerprint density at radius 2 is 1.67 bits per heavy atom. The molecule has 2 rings (SSSR count). The molecule has 1 N–H and O–H groups in total. The quantitative estimate of drug-likeness (QED) is 0.874. The molecule has 18 heavy (non-hydrogen) atoms. The van der Waals surface area contributed by atoms with Gasteiger partial charge in [-0.05, 0) is 36.9 Å². The third-order valence-electron chi connectivity index (χ3n) is 2.58. The van der Waals surface area contributed by atoms with Gasteiger partial charge in [0.25, 0.3) is 0 Å². The van der Waals surface area contributed by atoms with Crippen molar-refractivity contribution in [3.05, 3.63) is 54.1 Å². The molecule has 0 fully saturated rings. The molecular formula is C15H17NO2. The summed E-state index contributed by atoms with van der Waals surface area (Å²) < 4.78 is 10.9. The van der Waals surface area contributed by atoms with Crippen molar-refractivity contribution < 1.29 is 9.47 Å². The van der Waals surface area contributed by atoms with Crippen LogP contribution in [0.2, 0.25) is 0 Å². The lowest BCUT2D eigenvalue weighted by Crippen LogP contribution is -2.04. The smallest absolute Gasteiger partial charge is 0.131 e. The number of nitrogens with one attached hydrogen (secondary N) is 1. The molecule has 0 amide bonds. The third-order valence-corrected chi connectivity index (χ3v) is 2.58. The molecule has 0 spiro atoms. The van der Waals surface area contributed by atoms with Crippen LogP contribution in [0, 0.1) is 0 Å². The summed E-state index contributed by atoms with van der Waals surface area (Å²) in [7, 11) is 3.58. The van der Waals surface area contributed by atoms with Crippen LogP contribution < -0.4 is 14.8 Å². The van der Waals surface area contributed by atoms with Crippen molar-refractivity contribution in [3.63, 3.8) is 0 Å². The fourth-order valence-corrected chi connectivity index (χ4v) is 1.68. The molecule has 0 atom stereocenters. The van der Waals surface area contributed by atoms with Crippen LogP contribution in [0.5, 0.6) is 17.2 Å². The van der Waals surface area contributed by atoms with Gasteiger partial charge in [-0.25, -0.2) is 0 Å². The second kappa shape index (κ2) is 6.07. The van der Waals surface area contributed by atoms with Gasteiger partial charge in [0.1, 0.15) is 17.2 Å². The molecule has 3 heteroatoms. The summed E-state index contributed by atoms with van der Waals surface area (Å²) in [4.78, 5) is 0. The first-order chi connectivity index (χ1) is 8.81. The Kier molecular flexibility index (Phi) is 4.20. The Morgan fingerprint density at radius 3 is 2.33 bits per heavy atom. The number of ether oxygens (including phenoxy) is 2. The van der Waals surface area contributed by atoms with Crippen molar-refractivity contribution >= 4 is 0 Å². The lowest BCUT2D eigenvalue weighted by atomic mass is 10.2. The number of benzene rings is 2. The van der Waals surface area contributed by atoms with Gasteiger partial charge in [-0.1, -0.05) is 18.2 Å². The Bertz CT molecular complexity index is 494. The summed E-state index contributed by atoms with van der Waals surface area (Å²) in [5, 5.41) is 3.11. The third kappa shape index (κ3) is 3.25. The molecule has 2 aromatic rings. The maximum absolute atomic E-state index is 5.75. The fraction of sp³-hybridized carbons (Fsp3) is 0.200. The van der Waals surface area contributed by atoms with E-state index in [4.69, 9.17) is 9.47 Å². The van der Waals surface area contributed by atoms with Crippen LogP contribution in [0.15, 0.2) is 48.5 Å². The molecule has 0 saturated heterocycles. The highest BCUT2D eigenvalue weighted by atomic mass is 16.5. The zero-order valence-corrected chi connectivity index (χ0v) is 10.6. The highest BCUT2D eigenvalue weighted by Crippen LogP contribution is 2.25. The largest absolute Gasteiger partial charge is 0.497 e. The van der Waals surface area contributed by atoms with Crippen LogP contribution in [0.25, 0.3) is 0 Å². The van der Waals surface area contributed by atoms with Crippen LogP contribution in [0.4, 0.5) is 0 Å². The molecule has 0 heterocycles. The summed E-state index contributed by atoms with van der Waals surface area (Å²) in [5.74, 6) is 2.39. The monoisotopic (exact) mass is 243 g/mol. The number of rotatable bonds is 5. The lowest BCUT2D eigenvalue weighted by molar-refractivity contribution is 0.409. The summed E-state index contributed by atoms with van der Waals surface area (Å²) in [6.45, 7) is 0.861. The van der Waals surface area contributed by atoms with E-state index in [9.17, 15) is 0 Å². The molecular weight excluding hydrogens is 226 g/mol. The van der Waals surface area contributed by atoms with Crippen LogP contribution in [-0.4, -0.2) is 14.2 Å². The van der Waals surface area contributed by atoms with Gasteiger partial charge in [0, 0.05) is 12.6 Å². The maximum atomic E-state index is 5.75. The van der Waals surface area contributed by atoms with Crippen molar-refractivity contribution in [2.24, 2.45) is 0 Å². The SMILES string of the molecule is CNCc1ccc(Oc2cccc(OC)c2)cc1. The molecule has 3 nitrogen and oxygen atoms in total. The van der Waals surface area contributed by atoms with Gasteiger partial charge in [0.05, 0.1) is 7.11 Å². The Labute approximate surface area is 107 Å². The fourth-order valence-electron chi connectivity index (χ4n) is 1.68. The average Bonchev–Trinajstić information content (AvgIpc) is 2.42. The summed E-state index contributed by atoms with van der Waals surface area (Å²) >= 11 is 0. The van der Waals surface area contributed by atoms with E-state index < -0.39 is 0 Å². The maximum Gasteiger partial charge on any atom is 0.131 e. The average molecular weight is 243 g/mol. The van der Waals surface area contributed by atoms with E-state index in [0.29, 0.717) is 0 Å². The van der Waals surface area contributed by atoms with E-state index in [2.05, 4.69) is 5.32 Å². The molecule has 0 bridgehead atoms. The number of methoxy groups -OCH3 is 1. The second-order valence-corrected chi connectivity index (χ2v) is 3.96. The second-order valence-electron chi connectivity index (χ2n) is 3.96. The Morgan fingerprint density at radius 1 is 0.944 bits per heavy atom. The van der Waals surface area contributed by atoms with E-state index >= 15 is 0 Å². The Balaban J connectivity index is 2.08. The zero-order valence-electron chi connectivity index (χ0n) is 10.6. The van der Waals surface area contributed by atoms with Gasteiger partial charge in [0.2, 0.25) is 0 Å². The van der Waals surface area contributed by atoms with Gasteiger partial charge < -0.3 is 14.8 Å². The summed E-state index contributed by atoms with van der Waals surface area (Å²) in [6, 6.07) is 15.6. The predicted molar refractivity (Wildman–Crippen MR) is 72.3 cm³/mol. The summed E-state index contributed by atoms with van der Waals surface area (Å²) in [5.41, 5.74) is 1.23. The molecule has 0 aromatic heterocycles. The molecule has 0 unspecified atom stereocenters. The summed E-state index contributed by atoms with van der Waals surface area (Å²) in [6.07, 6.45) is 0. The molecule has 0 aliphatic heterocycles. The van der Waals surface area contributed by atoms with E-state index in [0.717, 1.165) is 23.8 Å². The van der Waals surface area contributed by atoms with Crippen molar-refractivity contribution in [1.82, 2.24) is 5.32 Å². The van der Waals surface area contributed by atoms with Crippen molar-refractivity contribution in [3.8, 4) is 17.2 Å². The van der Waals surface area contributed by atoms with E-state index in [1.54, 1.807) is 7.11 Å². The van der Waals surface area contributed by atoms with Gasteiger partial charge in [-0.2, -0.15) is 0 Å². The molecule has 0 aliphatic carbocycles.